The second-order valence-electron chi connectivity index (χ2n) is 2.80. The average Bonchev–Trinajstić information content (AvgIpc) is 2.14. The zero-order chi connectivity index (χ0) is 11.3. The number of hydrogen-bond donors (Lipinski definition) is 4. The molecule has 0 radical (unpaired) electrons. The lowest BCUT2D eigenvalue weighted by atomic mass is 10.2. The van der Waals surface area contributed by atoms with Crippen LogP contribution >= 0.6 is 11.8 Å². The predicted octanol–water partition coefficient (Wildman–Crippen LogP) is 0.834. The van der Waals surface area contributed by atoms with E-state index in [0.29, 0.717) is 5.75 Å². The van der Waals surface area contributed by atoms with Crippen LogP contribution in [0.5, 0.6) is 5.75 Å². The van der Waals surface area contributed by atoms with Crippen LogP contribution in [0, 0.1) is 5.41 Å². The predicted molar refractivity (Wildman–Crippen MR) is 62.9 cm³/mol. The second kappa shape index (κ2) is 5.26. The van der Waals surface area contributed by atoms with Gasteiger partial charge in [0.25, 0.3) is 0 Å². The monoisotopic (exact) mass is 224 g/mol. The Morgan fingerprint density at radius 1 is 1.47 bits per heavy atom. The van der Waals surface area contributed by atoms with E-state index >= 15 is 0 Å². The van der Waals surface area contributed by atoms with E-state index in [4.69, 9.17) is 16.9 Å². The molecule has 1 aromatic rings. The molecule has 0 aromatic heterocycles. The summed E-state index contributed by atoms with van der Waals surface area (Å²) in [5, 5.41) is 16.6. The number of amidine groups is 1. The Labute approximate surface area is 91.7 Å². The fraction of sp³-hybridized carbons (Fsp3) is 0.111. The molecule has 0 saturated heterocycles. The molecule has 0 aliphatic rings. The van der Waals surface area contributed by atoms with Crippen LogP contribution in [0.25, 0.3) is 0 Å². The SMILES string of the molecule is N=C(N=C(N)N)SCc1cccc(O)c1. The van der Waals surface area contributed by atoms with Crippen LogP contribution < -0.4 is 11.5 Å². The molecule has 1 aromatic carbocycles. The molecule has 0 unspecified atom stereocenters. The molecule has 0 atom stereocenters. The van der Waals surface area contributed by atoms with Gasteiger partial charge in [0, 0.05) is 5.75 Å². The van der Waals surface area contributed by atoms with E-state index in [1.54, 1.807) is 18.2 Å². The van der Waals surface area contributed by atoms with Crippen LogP contribution in [-0.2, 0) is 5.75 Å². The fourth-order valence-electron chi connectivity index (χ4n) is 0.947. The first kappa shape index (κ1) is 11.4. The van der Waals surface area contributed by atoms with Gasteiger partial charge in [0.05, 0.1) is 0 Å². The molecule has 0 aliphatic carbocycles. The van der Waals surface area contributed by atoms with E-state index in [0.717, 1.165) is 5.56 Å². The van der Waals surface area contributed by atoms with Gasteiger partial charge in [0.1, 0.15) is 5.75 Å². The first-order valence-corrected chi connectivity index (χ1v) is 5.15. The van der Waals surface area contributed by atoms with Gasteiger partial charge in [0.2, 0.25) is 0 Å². The molecule has 0 spiro atoms. The highest BCUT2D eigenvalue weighted by Crippen LogP contribution is 2.17. The Bertz CT molecular complexity index is 387. The van der Waals surface area contributed by atoms with Crippen molar-refractivity contribution in [3.8, 4) is 5.75 Å². The summed E-state index contributed by atoms with van der Waals surface area (Å²) in [7, 11) is 0. The first-order valence-electron chi connectivity index (χ1n) is 4.17. The van der Waals surface area contributed by atoms with Gasteiger partial charge in [-0.3, -0.25) is 5.41 Å². The van der Waals surface area contributed by atoms with Crippen molar-refractivity contribution in [3.63, 3.8) is 0 Å². The second-order valence-corrected chi connectivity index (χ2v) is 3.76. The third-order valence-electron chi connectivity index (χ3n) is 1.52. The maximum absolute atomic E-state index is 9.19. The van der Waals surface area contributed by atoms with Gasteiger partial charge in [-0.05, 0) is 17.7 Å². The Balaban J connectivity index is 2.51. The molecule has 80 valence electrons. The van der Waals surface area contributed by atoms with E-state index in [1.165, 1.54) is 11.8 Å². The number of aliphatic imine (C=N–C) groups is 1. The van der Waals surface area contributed by atoms with E-state index in [9.17, 15) is 5.11 Å². The van der Waals surface area contributed by atoms with Gasteiger partial charge >= 0.3 is 0 Å². The number of phenolic OH excluding ortho intramolecular Hbond substituents is 1. The van der Waals surface area contributed by atoms with Crippen LogP contribution in [0.2, 0.25) is 0 Å². The number of rotatable bonds is 2. The molecule has 0 saturated carbocycles. The number of nitrogens with one attached hydrogen (secondary N) is 1. The number of benzene rings is 1. The average molecular weight is 224 g/mol. The Morgan fingerprint density at radius 3 is 2.80 bits per heavy atom. The summed E-state index contributed by atoms with van der Waals surface area (Å²) in [6.07, 6.45) is 0. The largest absolute Gasteiger partial charge is 0.508 e. The van der Waals surface area contributed by atoms with Gasteiger partial charge in [-0.1, -0.05) is 23.9 Å². The van der Waals surface area contributed by atoms with Crippen LogP contribution in [0.4, 0.5) is 0 Å². The van der Waals surface area contributed by atoms with Crippen LogP contribution in [0.1, 0.15) is 5.56 Å². The highest BCUT2D eigenvalue weighted by atomic mass is 32.2. The normalized spacial score (nSPS) is 9.60. The van der Waals surface area contributed by atoms with Crippen molar-refractivity contribution < 1.29 is 5.11 Å². The zero-order valence-corrected chi connectivity index (χ0v) is 8.79. The number of nitrogens with two attached hydrogens (primary N) is 2. The highest BCUT2D eigenvalue weighted by molar-refractivity contribution is 8.13. The van der Waals surface area contributed by atoms with Crippen molar-refractivity contribution in [1.82, 2.24) is 0 Å². The molecule has 0 amide bonds. The summed E-state index contributed by atoms with van der Waals surface area (Å²) in [6, 6.07) is 6.83. The third-order valence-corrected chi connectivity index (χ3v) is 2.36. The van der Waals surface area contributed by atoms with Gasteiger partial charge in [-0.2, -0.15) is 4.99 Å². The highest BCUT2D eigenvalue weighted by Gasteiger charge is 1.99. The standard InChI is InChI=1S/C9H12N4OS/c10-8(11)13-9(12)15-5-6-2-1-3-7(14)4-6/h1-4,14H,5H2,(H5,10,11,12,13). The van der Waals surface area contributed by atoms with Crippen LogP contribution in [0.3, 0.4) is 0 Å². The molecule has 0 bridgehead atoms. The van der Waals surface area contributed by atoms with E-state index in [1.807, 2.05) is 6.07 Å². The van der Waals surface area contributed by atoms with Gasteiger partial charge in [0.15, 0.2) is 11.1 Å². The van der Waals surface area contributed by atoms with Crippen molar-refractivity contribution >= 4 is 22.9 Å². The maximum Gasteiger partial charge on any atom is 0.193 e. The topological polar surface area (TPSA) is 108 Å². The minimum absolute atomic E-state index is 0.0540. The van der Waals surface area contributed by atoms with Crippen LogP contribution in [0.15, 0.2) is 29.3 Å². The summed E-state index contributed by atoms with van der Waals surface area (Å²) < 4.78 is 0. The molecule has 6 heteroatoms. The minimum atomic E-state index is -0.122. The number of nitrogens with zero attached hydrogens (tertiary/aromatic N) is 1. The summed E-state index contributed by atoms with van der Waals surface area (Å²) in [5.74, 6) is 0.633. The van der Waals surface area contributed by atoms with E-state index < -0.39 is 0 Å². The van der Waals surface area contributed by atoms with Crippen molar-refractivity contribution in [1.29, 1.82) is 5.41 Å². The smallest absolute Gasteiger partial charge is 0.193 e. The van der Waals surface area contributed by atoms with Gasteiger partial charge < -0.3 is 16.6 Å². The summed E-state index contributed by atoms with van der Waals surface area (Å²) in [6.45, 7) is 0. The number of phenols is 1. The Kier molecular flexibility index (Phi) is 3.99. The summed E-state index contributed by atoms with van der Waals surface area (Å²) in [5.41, 5.74) is 11.2. The van der Waals surface area contributed by atoms with Crippen molar-refractivity contribution in [2.24, 2.45) is 16.5 Å². The van der Waals surface area contributed by atoms with E-state index in [2.05, 4.69) is 4.99 Å². The third kappa shape index (κ3) is 4.37. The number of guanidine groups is 1. The molecule has 1 rings (SSSR count). The molecular formula is C9H12N4OS. The van der Waals surface area contributed by atoms with Gasteiger partial charge in [-0.15, -0.1) is 0 Å². The zero-order valence-electron chi connectivity index (χ0n) is 7.97. The summed E-state index contributed by atoms with van der Waals surface area (Å²) in [4.78, 5) is 3.57. The van der Waals surface area contributed by atoms with Crippen molar-refractivity contribution in [3.05, 3.63) is 29.8 Å². The number of thioether (sulfide) groups is 1. The van der Waals surface area contributed by atoms with Gasteiger partial charge in [-0.25, -0.2) is 0 Å². The minimum Gasteiger partial charge on any atom is -0.508 e. The quantitative estimate of drug-likeness (QED) is 0.440. The molecule has 5 nitrogen and oxygen atoms in total. The molecule has 0 aliphatic heterocycles. The van der Waals surface area contributed by atoms with Crippen LogP contribution in [-0.4, -0.2) is 16.2 Å². The molecule has 15 heavy (non-hydrogen) atoms. The molecule has 0 fully saturated rings. The molecule has 0 heterocycles. The number of aromatic hydroxyl groups is 1. The maximum atomic E-state index is 9.19. The lowest BCUT2D eigenvalue weighted by molar-refractivity contribution is 0.475. The Morgan fingerprint density at radius 2 is 2.20 bits per heavy atom. The molecule has 6 N–H and O–H groups in total. The summed E-state index contributed by atoms with van der Waals surface area (Å²) >= 11 is 1.19. The lowest BCUT2D eigenvalue weighted by Gasteiger charge is -2.00. The molecular weight excluding hydrogens is 212 g/mol. The number of hydrogen-bond acceptors (Lipinski definition) is 3. The lowest BCUT2D eigenvalue weighted by Crippen LogP contribution is -2.23. The first-order chi connectivity index (χ1) is 7.08. The van der Waals surface area contributed by atoms with E-state index in [-0.39, 0.29) is 16.9 Å². The fourth-order valence-corrected chi connectivity index (χ4v) is 1.60. The Hall–Kier alpha value is -1.69. The van der Waals surface area contributed by atoms with Crippen molar-refractivity contribution in [2.75, 3.05) is 0 Å². The van der Waals surface area contributed by atoms with Crippen molar-refractivity contribution in [2.45, 2.75) is 5.75 Å².